The lowest BCUT2D eigenvalue weighted by atomic mass is 9.83. The van der Waals surface area contributed by atoms with E-state index < -0.39 is 0 Å². The Labute approximate surface area is 117 Å². The molecule has 110 valence electrons. The van der Waals surface area contributed by atoms with Gasteiger partial charge in [-0.05, 0) is 18.4 Å². The third-order valence-electron chi connectivity index (χ3n) is 3.54. The number of aromatic nitrogens is 2. The second-order valence-corrected chi connectivity index (χ2v) is 6.18. The minimum absolute atomic E-state index is 0.128. The fourth-order valence-electron chi connectivity index (χ4n) is 2.67. The molecule has 0 aliphatic carbocycles. The number of nitrogens with zero attached hydrogens (tertiary/aromatic N) is 2. The molecule has 0 spiro atoms. The molecule has 0 aromatic carbocycles. The first-order valence-corrected chi connectivity index (χ1v) is 7.12. The summed E-state index contributed by atoms with van der Waals surface area (Å²) in [7, 11) is 3.85. The van der Waals surface area contributed by atoms with Crippen molar-refractivity contribution in [1.29, 1.82) is 0 Å². The topological polar surface area (TPSA) is 39.1 Å². The van der Waals surface area contributed by atoms with Crippen LogP contribution in [-0.4, -0.2) is 35.4 Å². The molecule has 2 atom stereocenters. The molecule has 0 saturated heterocycles. The van der Waals surface area contributed by atoms with E-state index in [-0.39, 0.29) is 11.5 Å². The van der Waals surface area contributed by atoms with Crippen molar-refractivity contribution in [1.82, 2.24) is 14.9 Å². The van der Waals surface area contributed by atoms with Gasteiger partial charge >= 0.3 is 0 Å². The van der Waals surface area contributed by atoms with Crippen LogP contribution in [0, 0.1) is 5.41 Å². The molecule has 19 heavy (non-hydrogen) atoms. The van der Waals surface area contributed by atoms with Gasteiger partial charge in [-0.25, -0.2) is 4.98 Å². The first kappa shape index (κ1) is 16.2. The Kier molecular flexibility index (Phi) is 6.01. The van der Waals surface area contributed by atoms with Crippen molar-refractivity contribution in [3.63, 3.8) is 0 Å². The van der Waals surface area contributed by atoms with Crippen LogP contribution in [0.1, 0.15) is 39.9 Å². The summed E-state index contributed by atoms with van der Waals surface area (Å²) in [5.74, 6) is 1.13. The van der Waals surface area contributed by atoms with Crippen LogP contribution in [-0.2, 0) is 18.2 Å². The lowest BCUT2D eigenvalue weighted by molar-refractivity contribution is -0.0128. The number of likely N-dealkylation sites (N-methyl/N-ethyl adjacent to an activating group) is 1. The van der Waals surface area contributed by atoms with Crippen molar-refractivity contribution >= 4 is 0 Å². The average molecular weight is 267 g/mol. The van der Waals surface area contributed by atoms with E-state index in [1.165, 1.54) is 0 Å². The van der Waals surface area contributed by atoms with Gasteiger partial charge in [0.15, 0.2) is 0 Å². The summed E-state index contributed by atoms with van der Waals surface area (Å²) in [6.07, 6.45) is 6.06. The van der Waals surface area contributed by atoms with E-state index in [0.29, 0.717) is 6.04 Å². The summed E-state index contributed by atoms with van der Waals surface area (Å²) >= 11 is 0. The monoisotopic (exact) mass is 267 g/mol. The molecule has 1 rings (SSSR count). The zero-order chi connectivity index (χ0) is 14.5. The maximum atomic E-state index is 5.74. The van der Waals surface area contributed by atoms with Crippen LogP contribution < -0.4 is 5.32 Å². The molecule has 0 fully saturated rings. The van der Waals surface area contributed by atoms with Gasteiger partial charge in [-0.3, -0.25) is 0 Å². The maximum Gasteiger partial charge on any atom is 0.108 e. The average Bonchev–Trinajstić information content (AvgIpc) is 2.71. The van der Waals surface area contributed by atoms with Crippen LogP contribution in [0.4, 0.5) is 0 Å². The summed E-state index contributed by atoms with van der Waals surface area (Å²) in [5, 5.41) is 3.56. The molecule has 0 aliphatic rings. The maximum absolute atomic E-state index is 5.74. The number of imidazole rings is 1. The van der Waals surface area contributed by atoms with Gasteiger partial charge in [0.2, 0.25) is 0 Å². The van der Waals surface area contributed by atoms with Crippen LogP contribution in [0.25, 0.3) is 0 Å². The number of rotatable bonds is 7. The SMILES string of the molecule is CCNC(CCc1nccn1C)C(OC)C(C)(C)C. The molecule has 0 saturated carbocycles. The first-order valence-electron chi connectivity index (χ1n) is 7.12. The fraction of sp³-hybridized carbons (Fsp3) is 0.800. The van der Waals surface area contributed by atoms with Crippen LogP contribution in [0.15, 0.2) is 12.4 Å². The molecule has 4 nitrogen and oxygen atoms in total. The summed E-state index contributed by atoms with van der Waals surface area (Å²) in [6.45, 7) is 9.79. The lowest BCUT2D eigenvalue weighted by Crippen LogP contribution is -2.48. The second kappa shape index (κ2) is 7.06. The zero-order valence-electron chi connectivity index (χ0n) is 13.2. The van der Waals surface area contributed by atoms with Crippen molar-refractivity contribution in [2.45, 2.75) is 52.7 Å². The van der Waals surface area contributed by atoms with Crippen molar-refractivity contribution in [2.75, 3.05) is 13.7 Å². The molecule has 0 bridgehead atoms. The number of ether oxygens (including phenoxy) is 1. The summed E-state index contributed by atoms with van der Waals surface area (Å²) in [6, 6.07) is 0.353. The van der Waals surface area contributed by atoms with Crippen LogP contribution in [0.5, 0.6) is 0 Å². The van der Waals surface area contributed by atoms with E-state index in [1.807, 2.05) is 19.4 Å². The van der Waals surface area contributed by atoms with Crippen molar-refractivity contribution < 1.29 is 4.74 Å². The summed E-state index contributed by atoms with van der Waals surface area (Å²) in [5.41, 5.74) is 0.128. The summed E-state index contributed by atoms with van der Waals surface area (Å²) in [4.78, 5) is 4.39. The van der Waals surface area contributed by atoms with Crippen LogP contribution in [0.3, 0.4) is 0 Å². The van der Waals surface area contributed by atoms with Gasteiger partial charge in [-0.15, -0.1) is 0 Å². The highest BCUT2D eigenvalue weighted by molar-refractivity contribution is 4.94. The molecule has 1 aromatic rings. The summed E-state index contributed by atoms with van der Waals surface area (Å²) < 4.78 is 7.83. The van der Waals surface area contributed by atoms with E-state index in [0.717, 1.165) is 25.2 Å². The molecule has 2 unspecified atom stereocenters. The minimum Gasteiger partial charge on any atom is -0.379 e. The Hall–Kier alpha value is -0.870. The van der Waals surface area contributed by atoms with Gasteiger partial charge in [-0.1, -0.05) is 27.7 Å². The Balaban J connectivity index is 2.69. The smallest absolute Gasteiger partial charge is 0.108 e. The quantitative estimate of drug-likeness (QED) is 0.824. The van der Waals surface area contributed by atoms with E-state index >= 15 is 0 Å². The zero-order valence-corrected chi connectivity index (χ0v) is 13.2. The molecular weight excluding hydrogens is 238 g/mol. The van der Waals surface area contributed by atoms with Crippen molar-refractivity contribution in [3.05, 3.63) is 18.2 Å². The minimum atomic E-state index is 0.128. The number of hydrogen-bond donors (Lipinski definition) is 1. The Morgan fingerprint density at radius 3 is 2.53 bits per heavy atom. The van der Waals surface area contributed by atoms with E-state index in [1.54, 1.807) is 7.11 Å². The molecule has 1 aromatic heterocycles. The highest BCUT2D eigenvalue weighted by Crippen LogP contribution is 2.26. The highest BCUT2D eigenvalue weighted by atomic mass is 16.5. The Bertz CT molecular complexity index is 368. The number of methoxy groups -OCH3 is 1. The molecular formula is C15H29N3O. The fourth-order valence-corrected chi connectivity index (χ4v) is 2.67. The second-order valence-electron chi connectivity index (χ2n) is 6.18. The van der Waals surface area contributed by atoms with Crippen LogP contribution >= 0.6 is 0 Å². The van der Waals surface area contributed by atoms with Gasteiger partial charge < -0.3 is 14.6 Å². The lowest BCUT2D eigenvalue weighted by Gasteiger charge is -2.36. The Morgan fingerprint density at radius 2 is 2.11 bits per heavy atom. The first-order chi connectivity index (χ1) is 8.90. The molecule has 0 amide bonds. The predicted molar refractivity (Wildman–Crippen MR) is 79.2 cm³/mol. The van der Waals surface area contributed by atoms with Gasteiger partial charge in [-0.2, -0.15) is 0 Å². The highest BCUT2D eigenvalue weighted by Gasteiger charge is 2.31. The van der Waals surface area contributed by atoms with E-state index in [4.69, 9.17) is 4.74 Å². The third-order valence-corrected chi connectivity index (χ3v) is 3.54. The number of nitrogens with one attached hydrogen (secondary N) is 1. The van der Waals surface area contributed by atoms with Gasteiger partial charge in [0.1, 0.15) is 5.82 Å². The molecule has 1 heterocycles. The van der Waals surface area contributed by atoms with Crippen LogP contribution in [0.2, 0.25) is 0 Å². The molecule has 0 radical (unpaired) electrons. The number of aryl methyl sites for hydroxylation is 2. The van der Waals surface area contributed by atoms with Gasteiger partial charge in [0.25, 0.3) is 0 Å². The number of hydrogen-bond acceptors (Lipinski definition) is 3. The largest absolute Gasteiger partial charge is 0.379 e. The van der Waals surface area contributed by atoms with Crippen molar-refractivity contribution in [3.8, 4) is 0 Å². The van der Waals surface area contributed by atoms with E-state index in [9.17, 15) is 0 Å². The third kappa shape index (κ3) is 4.62. The van der Waals surface area contributed by atoms with Crippen molar-refractivity contribution in [2.24, 2.45) is 12.5 Å². The predicted octanol–water partition coefficient (Wildman–Crippen LogP) is 2.39. The van der Waals surface area contributed by atoms with Gasteiger partial charge in [0.05, 0.1) is 6.10 Å². The molecule has 0 aliphatic heterocycles. The van der Waals surface area contributed by atoms with Gasteiger partial charge in [0, 0.05) is 39.0 Å². The molecule has 4 heteroatoms. The normalized spacial score (nSPS) is 15.5. The standard InChI is InChI=1S/C15H29N3O/c1-7-16-12(14(19-6)15(2,3)4)8-9-13-17-10-11-18(13)5/h10-12,14,16H,7-9H2,1-6H3. The Morgan fingerprint density at radius 1 is 1.42 bits per heavy atom. The van der Waals surface area contributed by atoms with E-state index in [2.05, 4.69) is 42.6 Å². The molecule has 1 N–H and O–H groups in total.